The van der Waals surface area contributed by atoms with Gasteiger partial charge in [-0.3, -0.25) is 4.79 Å². The third kappa shape index (κ3) is 5.34. The Bertz CT molecular complexity index is 873. The van der Waals surface area contributed by atoms with E-state index in [9.17, 15) is 9.90 Å². The van der Waals surface area contributed by atoms with Gasteiger partial charge in [-0.15, -0.1) is 0 Å². The van der Waals surface area contributed by atoms with Gasteiger partial charge in [0.1, 0.15) is 30.8 Å². The predicted molar refractivity (Wildman–Crippen MR) is 113 cm³/mol. The first-order valence-electron chi connectivity index (χ1n) is 9.79. The molecule has 3 rings (SSSR count). The van der Waals surface area contributed by atoms with Gasteiger partial charge in [0.05, 0.1) is 26.5 Å². The lowest BCUT2D eigenvalue weighted by atomic mass is 10.2. The maximum atomic E-state index is 11.7. The van der Waals surface area contributed by atoms with Gasteiger partial charge in [0.2, 0.25) is 5.91 Å². The number of benzene rings is 2. The van der Waals surface area contributed by atoms with Crippen LogP contribution in [0.3, 0.4) is 0 Å². The third-order valence-electron chi connectivity index (χ3n) is 4.77. The molecule has 0 fully saturated rings. The quantitative estimate of drug-likeness (QED) is 0.646. The Labute approximate surface area is 176 Å². The molecule has 1 aliphatic rings. The van der Waals surface area contributed by atoms with Crippen molar-refractivity contribution in [2.45, 2.75) is 19.6 Å². The van der Waals surface area contributed by atoms with Gasteiger partial charge >= 0.3 is 0 Å². The van der Waals surface area contributed by atoms with Crippen molar-refractivity contribution in [2.24, 2.45) is 0 Å². The normalized spacial score (nSPS) is 13.8. The number of nitrogens with one attached hydrogen (secondary N) is 1. The van der Waals surface area contributed by atoms with Gasteiger partial charge in [-0.2, -0.15) is 0 Å². The van der Waals surface area contributed by atoms with Gasteiger partial charge in [-0.05, 0) is 29.8 Å². The minimum Gasteiger partial charge on any atom is -0.493 e. The molecule has 8 nitrogen and oxygen atoms in total. The molecule has 0 aromatic heterocycles. The number of hydrogen-bond donors (Lipinski definition) is 2. The van der Waals surface area contributed by atoms with Crippen LogP contribution in [0, 0.1) is 0 Å². The van der Waals surface area contributed by atoms with Gasteiger partial charge in [0, 0.05) is 26.1 Å². The van der Waals surface area contributed by atoms with Crippen LogP contribution in [0.5, 0.6) is 23.0 Å². The fraction of sp³-hybridized carbons (Fsp3) is 0.409. The summed E-state index contributed by atoms with van der Waals surface area (Å²) in [6.07, 6.45) is -0.684. The first kappa shape index (κ1) is 21.7. The number of carbonyl (C=O) groups excluding carboxylic acids is 1. The van der Waals surface area contributed by atoms with Gasteiger partial charge in [0.15, 0.2) is 11.5 Å². The van der Waals surface area contributed by atoms with Crippen LogP contribution in [0.2, 0.25) is 0 Å². The Morgan fingerprint density at radius 3 is 2.73 bits per heavy atom. The van der Waals surface area contributed by atoms with Crippen molar-refractivity contribution in [1.29, 1.82) is 0 Å². The SMILES string of the molecule is COc1ccc(CNCC(O)COc2ccc3c(c2)OCCN3C(C)=O)cc1OC. The van der Waals surface area contributed by atoms with E-state index in [1.54, 1.807) is 37.3 Å². The topological polar surface area (TPSA) is 89.5 Å². The molecule has 2 N–H and O–H groups in total. The lowest BCUT2D eigenvalue weighted by Crippen LogP contribution is -2.36. The van der Waals surface area contributed by atoms with Crippen molar-refractivity contribution in [3.8, 4) is 23.0 Å². The Kier molecular flexibility index (Phi) is 7.37. The molecule has 0 radical (unpaired) electrons. The van der Waals surface area contributed by atoms with Crippen LogP contribution in [-0.4, -0.2) is 57.6 Å². The molecule has 2 aromatic rings. The van der Waals surface area contributed by atoms with E-state index in [0.29, 0.717) is 49.2 Å². The highest BCUT2D eigenvalue weighted by atomic mass is 16.5. The number of nitrogens with zero attached hydrogens (tertiary/aromatic N) is 1. The zero-order valence-corrected chi connectivity index (χ0v) is 17.5. The summed E-state index contributed by atoms with van der Waals surface area (Å²) >= 11 is 0. The number of anilines is 1. The van der Waals surface area contributed by atoms with Gasteiger partial charge in [-0.1, -0.05) is 6.07 Å². The largest absolute Gasteiger partial charge is 0.493 e. The third-order valence-corrected chi connectivity index (χ3v) is 4.77. The van der Waals surface area contributed by atoms with Gasteiger partial charge in [0.25, 0.3) is 0 Å². The van der Waals surface area contributed by atoms with Crippen molar-refractivity contribution in [3.63, 3.8) is 0 Å². The zero-order chi connectivity index (χ0) is 21.5. The number of rotatable bonds is 9. The van der Waals surface area contributed by atoms with E-state index >= 15 is 0 Å². The molecular formula is C22H28N2O6. The summed E-state index contributed by atoms with van der Waals surface area (Å²) in [5.74, 6) is 2.51. The fourth-order valence-electron chi connectivity index (χ4n) is 3.24. The van der Waals surface area contributed by atoms with E-state index in [1.165, 1.54) is 6.92 Å². The van der Waals surface area contributed by atoms with Crippen molar-refractivity contribution in [3.05, 3.63) is 42.0 Å². The molecule has 1 unspecified atom stereocenters. The predicted octanol–water partition coefficient (Wildman–Crippen LogP) is 1.98. The van der Waals surface area contributed by atoms with Crippen LogP contribution < -0.4 is 29.2 Å². The molecule has 0 bridgehead atoms. The van der Waals surface area contributed by atoms with Crippen LogP contribution in [-0.2, 0) is 11.3 Å². The van der Waals surface area contributed by atoms with Gasteiger partial charge in [-0.25, -0.2) is 0 Å². The molecule has 162 valence electrons. The molecule has 0 aliphatic carbocycles. The van der Waals surface area contributed by atoms with E-state index in [0.717, 1.165) is 11.3 Å². The number of aliphatic hydroxyl groups excluding tert-OH is 1. The van der Waals surface area contributed by atoms with Crippen LogP contribution >= 0.6 is 0 Å². The zero-order valence-electron chi connectivity index (χ0n) is 17.5. The summed E-state index contributed by atoms with van der Waals surface area (Å²) < 4.78 is 21.8. The summed E-state index contributed by atoms with van der Waals surface area (Å²) in [6.45, 7) is 3.59. The van der Waals surface area contributed by atoms with E-state index in [1.807, 2.05) is 18.2 Å². The van der Waals surface area contributed by atoms with E-state index in [2.05, 4.69) is 5.32 Å². The highest BCUT2D eigenvalue weighted by molar-refractivity contribution is 5.93. The average molecular weight is 416 g/mol. The monoisotopic (exact) mass is 416 g/mol. The number of amides is 1. The van der Waals surface area contributed by atoms with E-state index < -0.39 is 6.10 Å². The van der Waals surface area contributed by atoms with Crippen molar-refractivity contribution in [2.75, 3.05) is 45.4 Å². The molecule has 0 saturated carbocycles. The van der Waals surface area contributed by atoms with Crippen molar-refractivity contribution in [1.82, 2.24) is 5.32 Å². The fourth-order valence-corrected chi connectivity index (χ4v) is 3.24. The smallest absolute Gasteiger partial charge is 0.224 e. The summed E-state index contributed by atoms with van der Waals surface area (Å²) in [7, 11) is 3.19. The lowest BCUT2D eigenvalue weighted by molar-refractivity contribution is -0.116. The highest BCUT2D eigenvalue weighted by Gasteiger charge is 2.21. The molecule has 2 aromatic carbocycles. The number of hydrogen-bond acceptors (Lipinski definition) is 7. The second-order valence-electron chi connectivity index (χ2n) is 6.93. The molecule has 1 atom stereocenters. The Balaban J connectivity index is 1.47. The Morgan fingerprint density at radius 2 is 2.00 bits per heavy atom. The first-order chi connectivity index (χ1) is 14.5. The van der Waals surface area contributed by atoms with Crippen LogP contribution in [0.1, 0.15) is 12.5 Å². The lowest BCUT2D eigenvalue weighted by Gasteiger charge is -2.29. The van der Waals surface area contributed by atoms with E-state index in [-0.39, 0.29) is 12.5 Å². The van der Waals surface area contributed by atoms with Gasteiger partial charge < -0.3 is 34.3 Å². The molecule has 0 saturated heterocycles. The standard InChI is InChI=1S/C22H28N2O6/c1-15(25)24-8-9-29-21-11-18(5-6-19(21)24)30-14-17(26)13-23-12-16-4-7-20(27-2)22(10-16)28-3/h4-7,10-11,17,23,26H,8-9,12-14H2,1-3H3. The van der Waals surface area contributed by atoms with Crippen LogP contribution in [0.15, 0.2) is 36.4 Å². The van der Waals surface area contributed by atoms with E-state index in [4.69, 9.17) is 18.9 Å². The molecule has 0 spiro atoms. The second-order valence-corrected chi connectivity index (χ2v) is 6.93. The van der Waals surface area contributed by atoms with Crippen molar-refractivity contribution >= 4 is 11.6 Å². The Morgan fingerprint density at radius 1 is 1.20 bits per heavy atom. The maximum Gasteiger partial charge on any atom is 0.224 e. The highest BCUT2D eigenvalue weighted by Crippen LogP contribution is 2.35. The summed E-state index contributed by atoms with van der Waals surface area (Å²) in [5, 5.41) is 13.4. The van der Waals surface area contributed by atoms with Crippen LogP contribution in [0.4, 0.5) is 5.69 Å². The van der Waals surface area contributed by atoms with Crippen molar-refractivity contribution < 1.29 is 28.8 Å². The second kappa shape index (κ2) is 10.2. The maximum absolute atomic E-state index is 11.7. The molecule has 1 heterocycles. The number of ether oxygens (including phenoxy) is 4. The number of aliphatic hydroxyl groups is 1. The summed E-state index contributed by atoms with van der Waals surface area (Å²) in [5.41, 5.74) is 1.75. The Hall–Kier alpha value is -2.97. The van der Waals surface area contributed by atoms with Crippen LogP contribution in [0.25, 0.3) is 0 Å². The molecular weight excluding hydrogens is 388 g/mol. The summed E-state index contributed by atoms with van der Waals surface area (Å²) in [6, 6.07) is 11.0. The average Bonchev–Trinajstić information content (AvgIpc) is 2.76. The number of carbonyl (C=O) groups is 1. The molecule has 8 heteroatoms. The number of fused-ring (bicyclic) bond motifs is 1. The molecule has 1 aliphatic heterocycles. The minimum absolute atomic E-state index is 0.0239. The minimum atomic E-state index is -0.684. The summed E-state index contributed by atoms with van der Waals surface area (Å²) in [4.78, 5) is 13.4. The first-order valence-corrected chi connectivity index (χ1v) is 9.79. The number of methoxy groups -OCH3 is 2. The molecule has 1 amide bonds. The molecule has 30 heavy (non-hydrogen) atoms.